The molecule has 4 rings (SSSR count). The van der Waals surface area contributed by atoms with E-state index < -0.39 is 0 Å². The molecule has 1 aromatic carbocycles. The van der Waals surface area contributed by atoms with Crippen LogP contribution in [0.1, 0.15) is 50.0 Å². The molecule has 2 heteroatoms. The number of nitrogens with one attached hydrogen (secondary N) is 1. The maximum Gasteiger partial charge on any atom is 0.0210 e. The van der Waals surface area contributed by atoms with Crippen molar-refractivity contribution in [3.63, 3.8) is 0 Å². The molecule has 0 radical (unpaired) electrons. The topological polar surface area (TPSA) is 12.0 Å². The van der Waals surface area contributed by atoms with Crippen LogP contribution < -0.4 is 5.32 Å². The van der Waals surface area contributed by atoms with E-state index in [9.17, 15) is 0 Å². The van der Waals surface area contributed by atoms with Crippen molar-refractivity contribution in [2.75, 3.05) is 6.54 Å². The van der Waals surface area contributed by atoms with Crippen molar-refractivity contribution in [1.29, 1.82) is 0 Å². The minimum atomic E-state index is 0.748. The molecule has 1 N–H and O–H groups in total. The minimum absolute atomic E-state index is 0.748. The van der Waals surface area contributed by atoms with Crippen molar-refractivity contribution in [2.45, 2.75) is 50.5 Å². The summed E-state index contributed by atoms with van der Waals surface area (Å²) in [5.41, 5.74) is 2.25. The lowest BCUT2D eigenvalue weighted by Gasteiger charge is -2.38. The molecule has 0 saturated heterocycles. The van der Waals surface area contributed by atoms with E-state index in [1.54, 1.807) is 0 Å². The highest BCUT2D eigenvalue weighted by Crippen LogP contribution is 2.61. The van der Waals surface area contributed by atoms with E-state index in [4.69, 9.17) is 0 Å². The maximum absolute atomic E-state index is 3.85. The smallest absolute Gasteiger partial charge is 0.0210 e. The Bertz CT molecular complexity index is 470. The second-order valence-corrected chi connectivity index (χ2v) is 7.76. The lowest BCUT2D eigenvalue weighted by atomic mass is 9.75. The van der Waals surface area contributed by atoms with Gasteiger partial charge in [-0.1, -0.05) is 34.1 Å². The van der Waals surface area contributed by atoms with Gasteiger partial charge in [0, 0.05) is 17.1 Å². The second kappa shape index (κ2) is 4.60. The summed E-state index contributed by atoms with van der Waals surface area (Å²) in [5.74, 6) is 1.85. The molecule has 0 aliphatic heterocycles. The summed E-state index contributed by atoms with van der Waals surface area (Å²) in [6.45, 7) is 1.30. The minimum Gasteiger partial charge on any atom is -0.313 e. The molecule has 1 aromatic rings. The summed E-state index contributed by atoms with van der Waals surface area (Å²) in [6.07, 6.45) is 8.64. The molecule has 3 fully saturated rings. The van der Waals surface area contributed by atoms with Crippen LogP contribution >= 0.6 is 15.9 Å². The molecule has 0 atom stereocenters. The van der Waals surface area contributed by atoms with Gasteiger partial charge in [0.05, 0.1) is 0 Å². The van der Waals surface area contributed by atoms with Gasteiger partial charge in [-0.2, -0.15) is 0 Å². The molecule has 0 spiro atoms. The fraction of sp³-hybridized carbons (Fsp3) is 0.647. The molecule has 3 saturated carbocycles. The molecule has 3 aliphatic carbocycles. The van der Waals surface area contributed by atoms with Gasteiger partial charge < -0.3 is 5.32 Å². The zero-order chi connectivity index (χ0) is 12.9. The van der Waals surface area contributed by atoms with E-state index in [1.807, 2.05) is 0 Å². The van der Waals surface area contributed by atoms with Gasteiger partial charge in [-0.3, -0.25) is 0 Å². The molecular weight excluding hydrogens is 298 g/mol. The van der Waals surface area contributed by atoms with Crippen molar-refractivity contribution in [1.82, 2.24) is 5.32 Å². The van der Waals surface area contributed by atoms with Crippen LogP contribution in [0.5, 0.6) is 0 Å². The van der Waals surface area contributed by atoms with Crippen molar-refractivity contribution < 1.29 is 0 Å². The van der Waals surface area contributed by atoms with Gasteiger partial charge in [-0.05, 0) is 67.4 Å². The van der Waals surface area contributed by atoms with E-state index >= 15 is 0 Å². The first kappa shape index (κ1) is 12.4. The fourth-order valence-corrected chi connectivity index (χ4v) is 4.39. The van der Waals surface area contributed by atoms with Gasteiger partial charge in [0.1, 0.15) is 0 Å². The van der Waals surface area contributed by atoms with Crippen molar-refractivity contribution in [3.8, 4) is 0 Å². The van der Waals surface area contributed by atoms with E-state index in [0.29, 0.717) is 0 Å². The predicted octanol–water partition coefficient (Wildman–Crippen LogP) is 4.47. The summed E-state index contributed by atoms with van der Waals surface area (Å²) in [4.78, 5) is 0. The summed E-state index contributed by atoms with van der Waals surface area (Å²) >= 11 is 3.68. The lowest BCUT2D eigenvalue weighted by molar-refractivity contribution is 0.261. The van der Waals surface area contributed by atoms with Crippen LogP contribution in [0.2, 0.25) is 0 Å². The van der Waals surface area contributed by atoms with Crippen LogP contribution in [-0.4, -0.2) is 12.6 Å². The molecule has 3 aliphatic rings. The standard InChI is InChI=1S/C17H22BrN/c18-16-4-2-1-3-15(16)12-9-14(10-12)19-11-17(7-8-17)13-5-6-13/h1-4,12-14,19H,5-11H2. The van der Waals surface area contributed by atoms with E-state index in [-0.39, 0.29) is 0 Å². The number of benzene rings is 1. The Morgan fingerprint density at radius 2 is 1.89 bits per heavy atom. The highest BCUT2D eigenvalue weighted by atomic mass is 79.9. The normalized spacial score (nSPS) is 31.8. The Balaban J connectivity index is 1.28. The third kappa shape index (κ3) is 2.38. The molecule has 0 heterocycles. The Morgan fingerprint density at radius 1 is 1.16 bits per heavy atom. The molecule has 0 aromatic heterocycles. The maximum atomic E-state index is 3.85. The van der Waals surface area contributed by atoms with Crippen LogP contribution in [0.15, 0.2) is 28.7 Å². The number of hydrogen-bond donors (Lipinski definition) is 1. The highest BCUT2D eigenvalue weighted by molar-refractivity contribution is 9.10. The largest absolute Gasteiger partial charge is 0.313 e. The van der Waals surface area contributed by atoms with E-state index in [0.717, 1.165) is 23.3 Å². The van der Waals surface area contributed by atoms with Gasteiger partial charge >= 0.3 is 0 Å². The van der Waals surface area contributed by atoms with Gasteiger partial charge in [-0.15, -0.1) is 0 Å². The van der Waals surface area contributed by atoms with E-state index in [1.165, 1.54) is 55.1 Å². The van der Waals surface area contributed by atoms with Crippen LogP contribution in [0, 0.1) is 11.3 Å². The highest BCUT2D eigenvalue weighted by Gasteiger charge is 2.53. The molecule has 102 valence electrons. The summed E-state index contributed by atoms with van der Waals surface area (Å²) < 4.78 is 1.29. The Morgan fingerprint density at radius 3 is 2.53 bits per heavy atom. The predicted molar refractivity (Wildman–Crippen MR) is 82.3 cm³/mol. The third-order valence-electron chi connectivity index (χ3n) is 5.56. The summed E-state index contributed by atoms with van der Waals surface area (Å²) in [7, 11) is 0. The van der Waals surface area contributed by atoms with Crippen LogP contribution in [-0.2, 0) is 0 Å². The quantitative estimate of drug-likeness (QED) is 0.844. The number of hydrogen-bond acceptors (Lipinski definition) is 1. The third-order valence-corrected chi connectivity index (χ3v) is 6.28. The van der Waals surface area contributed by atoms with E-state index in [2.05, 4.69) is 45.5 Å². The first-order valence-electron chi connectivity index (χ1n) is 7.75. The summed E-state index contributed by atoms with van der Waals surface area (Å²) in [6, 6.07) is 9.48. The first-order valence-corrected chi connectivity index (χ1v) is 8.54. The number of rotatable bonds is 5. The Hall–Kier alpha value is -0.340. The average molecular weight is 320 g/mol. The van der Waals surface area contributed by atoms with Crippen molar-refractivity contribution >= 4 is 15.9 Å². The molecule has 0 amide bonds. The average Bonchev–Trinajstić information content (AvgIpc) is 3.23. The van der Waals surface area contributed by atoms with Crippen LogP contribution in [0.25, 0.3) is 0 Å². The zero-order valence-electron chi connectivity index (χ0n) is 11.4. The Kier molecular flexibility index (Phi) is 3.00. The SMILES string of the molecule is Brc1ccccc1C1CC(NCC2(C3CC3)CC2)C1. The van der Waals surface area contributed by atoms with Crippen molar-refractivity contribution in [3.05, 3.63) is 34.3 Å². The second-order valence-electron chi connectivity index (χ2n) is 6.90. The molecule has 1 nitrogen and oxygen atoms in total. The fourth-order valence-electron chi connectivity index (χ4n) is 3.78. The van der Waals surface area contributed by atoms with Gasteiger partial charge in [0.15, 0.2) is 0 Å². The van der Waals surface area contributed by atoms with Gasteiger partial charge in [0.25, 0.3) is 0 Å². The monoisotopic (exact) mass is 319 g/mol. The first-order chi connectivity index (χ1) is 9.27. The van der Waals surface area contributed by atoms with Crippen LogP contribution in [0.3, 0.4) is 0 Å². The lowest BCUT2D eigenvalue weighted by Crippen LogP contribution is -2.43. The molecular formula is C17H22BrN. The zero-order valence-corrected chi connectivity index (χ0v) is 13.0. The molecule has 0 bridgehead atoms. The van der Waals surface area contributed by atoms with Crippen molar-refractivity contribution in [2.24, 2.45) is 11.3 Å². The molecule has 0 unspecified atom stereocenters. The van der Waals surface area contributed by atoms with Gasteiger partial charge in [-0.25, -0.2) is 0 Å². The molecule has 19 heavy (non-hydrogen) atoms. The number of halogens is 1. The Labute approximate surface area is 124 Å². The van der Waals surface area contributed by atoms with Gasteiger partial charge in [0.2, 0.25) is 0 Å². The summed E-state index contributed by atoms with van der Waals surface area (Å²) in [5, 5.41) is 3.85. The van der Waals surface area contributed by atoms with Crippen LogP contribution in [0.4, 0.5) is 0 Å².